The SMILES string of the molecule is CN(C)CCN(Cc1cccc(C(F)(F)F)c1)C(=O)c1ccc2c(=O)n(C)c(=S)[nH]c2c1. The molecular formula is C22H23F3N4O2S. The number of amides is 1. The van der Waals surface area contributed by atoms with Crippen molar-refractivity contribution in [2.75, 3.05) is 27.2 Å². The molecule has 0 unspecified atom stereocenters. The van der Waals surface area contributed by atoms with Crippen LogP contribution in [-0.4, -0.2) is 52.4 Å². The Bertz CT molecular complexity index is 1260. The summed E-state index contributed by atoms with van der Waals surface area (Å²) >= 11 is 5.14. The largest absolute Gasteiger partial charge is 0.416 e. The van der Waals surface area contributed by atoms with Crippen molar-refractivity contribution in [3.63, 3.8) is 0 Å². The van der Waals surface area contributed by atoms with Crippen LogP contribution in [0.3, 0.4) is 0 Å². The van der Waals surface area contributed by atoms with Crippen molar-refractivity contribution in [1.82, 2.24) is 19.4 Å². The summed E-state index contributed by atoms with van der Waals surface area (Å²) in [5.74, 6) is -0.355. The van der Waals surface area contributed by atoms with Crippen LogP contribution in [0, 0.1) is 4.77 Å². The van der Waals surface area contributed by atoms with E-state index >= 15 is 0 Å². The molecule has 6 nitrogen and oxygen atoms in total. The van der Waals surface area contributed by atoms with Crippen molar-refractivity contribution in [3.8, 4) is 0 Å². The van der Waals surface area contributed by atoms with Crippen LogP contribution in [0.25, 0.3) is 10.9 Å². The second-order valence-corrected chi connectivity index (χ2v) is 8.17. The van der Waals surface area contributed by atoms with Gasteiger partial charge in [-0.2, -0.15) is 13.2 Å². The van der Waals surface area contributed by atoms with Crippen LogP contribution in [0.5, 0.6) is 0 Å². The number of carbonyl (C=O) groups is 1. The van der Waals surface area contributed by atoms with Crippen molar-refractivity contribution in [1.29, 1.82) is 0 Å². The maximum Gasteiger partial charge on any atom is 0.416 e. The number of carbonyl (C=O) groups excluding carboxylic acids is 1. The smallest absolute Gasteiger partial charge is 0.333 e. The molecule has 1 aromatic heterocycles. The number of benzene rings is 2. The van der Waals surface area contributed by atoms with Crippen molar-refractivity contribution in [2.24, 2.45) is 7.05 Å². The minimum Gasteiger partial charge on any atom is -0.333 e. The number of alkyl halides is 3. The Hall–Kier alpha value is -2.98. The summed E-state index contributed by atoms with van der Waals surface area (Å²) in [6.45, 7) is 0.856. The number of nitrogens with one attached hydrogen (secondary N) is 1. The zero-order valence-electron chi connectivity index (χ0n) is 17.9. The van der Waals surface area contributed by atoms with Gasteiger partial charge < -0.3 is 14.8 Å². The minimum absolute atomic E-state index is 0.0151. The second kappa shape index (κ2) is 9.25. The molecule has 170 valence electrons. The van der Waals surface area contributed by atoms with Crippen LogP contribution in [0.1, 0.15) is 21.5 Å². The quantitative estimate of drug-likeness (QED) is 0.564. The van der Waals surface area contributed by atoms with E-state index in [1.165, 1.54) is 21.6 Å². The number of fused-ring (bicyclic) bond motifs is 1. The van der Waals surface area contributed by atoms with Crippen molar-refractivity contribution in [3.05, 3.63) is 74.3 Å². The summed E-state index contributed by atoms with van der Waals surface area (Å²) in [7, 11) is 5.25. The van der Waals surface area contributed by atoms with Crippen LogP contribution in [-0.2, 0) is 19.8 Å². The van der Waals surface area contributed by atoms with Gasteiger partial charge in [0.1, 0.15) is 0 Å². The van der Waals surface area contributed by atoms with Gasteiger partial charge in [0.25, 0.3) is 11.5 Å². The third-order valence-corrected chi connectivity index (χ3v) is 5.46. The number of hydrogen-bond acceptors (Lipinski definition) is 4. The fourth-order valence-corrected chi connectivity index (χ4v) is 3.45. The molecule has 0 spiro atoms. The number of hydrogen-bond donors (Lipinski definition) is 1. The van der Waals surface area contributed by atoms with E-state index in [4.69, 9.17) is 12.2 Å². The molecule has 0 saturated carbocycles. The third kappa shape index (κ3) is 5.25. The van der Waals surface area contributed by atoms with Gasteiger partial charge >= 0.3 is 6.18 Å². The highest BCUT2D eigenvalue weighted by Gasteiger charge is 2.30. The molecule has 2 aromatic carbocycles. The predicted octanol–water partition coefficient (Wildman–Crippen LogP) is 3.82. The Kier molecular flexibility index (Phi) is 6.85. The van der Waals surface area contributed by atoms with Gasteiger partial charge in [0, 0.05) is 32.2 Å². The first-order valence-corrected chi connectivity index (χ1v) is 10.2. The minimum atomic E-state index is -4.46. The molecule has 1 heterocycles. The van der Waals surface area contributed by atoms with Crippen LogP contribution in [0.4, 0.5) is 13.2 Å². The molecule has 1 N–H and O–H groups in total. The molecule has 0 aliphatic rings. The first kappa shape index (κ1) is 23.7. The number of H-pyrrole nitrogens is 1. The average molecular weight is 465 g/mol. The molecule has 0 aliphatic heterocycles. The summed E-state index contributed by atoms with van der Waals surface area (Å²) < 4.78 is 40.8. The highest BCUT2D eigenvalue weighted by atomic mass is 32.1. The lowest BCUT2D eigenvalue weighted by Crippen LogP contribution is -2.36. The van der Waals surface area contributed by atoms with Gasteiger partial charge in [-0.25, -0.2) is 0 Å². The van der Waals surface area contributed by atoms with E-state index in [-0.39, 0.29) is 22.8 Å². The highest BCUT2D eigenvalue weighted by Crippen LogP contribution is 2.30. The second-order valence-electron chi connectivity index (χ2n) is 7.78. The van der Waals surface area contributed by atoms with Crippen LogP contribution in [0.2, 0.25) is 0 Å². The molecule has 0 bridgehead atoms. The van der Waals surface area contributed by atoms with E-state index < -0.39 is 11.7 Å². The molecule has 0 saturated heterocycles. The number of nitrogens with zero attached hydrogens (tertiary/aromatic N) is 3. The van der Waals surface area contributed by atoms with Gasteiger partial charge in [0.2, 0.25) is 0 Å². The maximum atomic E-state index is 13.3. The molecule has 1 amide bonds. The molecule has 10 heteroatoms. The van der Waals surface area contributed by atoms with Crippen LogP contribution in [0.15, 0.2) is 47.3 Å². The van der Waals surface area contributed by atoms with Crippen molar-refractivity contribution >= 4 is 29.0 Å². The van der Waals surface area contributed by atoms with E-state index in [0.29, 0.717) is 35.1 Å². The summed E-state index contributed by atoms with van der Waals surface area (Å²) in [5.41, 5.74) is 0.0685. The Morgan fingerprint density at radius 3 is 2.50 bits per heavy atom. The molecule has 0 aliphatic carbocycles. The molecule has 3 rings (SSSR count). The monoisotopic (exact) mass is 464 g/mol. The Labute approximate surface area is 187 Å². The van der Waals surface area contributed by atoms with Gasteiger partial charge in [-0.1, -0.05) is 12.1 Å². The highest BCUT2D eigenvalue weighted by molar-refractivity contribution is 7.71. The van der Waals surface area contributed by atoms with Crippen LogP contribution >= 0.6 is 12.2 Å². The zero-order chi connectivity index (χ0) is 23.6. The predicted molar refractivity (Wildman–Crippen MR) is 119 cm³/mol. The number of aromatic nitrogens is 2. The van der Waals surface area contributed by atoms with E-state index in [1.807, 2.05) is 19.0 Å². The number of halogens is 3. The zero-order valence-corrected chi connectivity index (χ0v) is 18.7. The van der Waals surface area contributed by atoms with Gasteiger partial charge in [-0.05, 0) is 62.2 Å². The Morgan fingerprint density at radius 1 is 1.12 bits per heavy atom. The lowest BCUT2D eigenvalue weighted by molar-refractivity contribution is -0.137. The van der Waals surface area contributed by atoms with Crippen molar-refractivity contribution in [2.45, 2.75) is 12.7 Å². The Morgan fingerprint density at radius 2 is 1.84 bits per heavy atom. The lowest BCUT2D eigenvalue weighted by Gasteiger charge is -2.25. The fourth-order valence-electron chi connectivity index (χ4n) is 3.26. The fraction of sp³-hybridized carbons (Fsp3) is 0.318. The Balaban J connectivity index is 1.97. The van der Waals surface area contributed by atoms with E-state index in [9.17, 15) is 22.8 Å². The van der Waals surface area contributed by atoms with Crippen molar-refractivity contribution < 1.29 is 18.0 Å². The summed E-state index contributed by atoms with van der Waals surface area (Å²) in [6, 6.07) is 9.58. The number of aromatic amines is 1. The summed E-state index contributed by atoms with van der Waals surface area (Å²) in [6.07, 6.45) is -4.46. The number of likely N-dealkylation sites (N-methyl/N-ethyl adjacent to an activating group) is 1. The third-order valence-electron chi connectivity index (χ3n) is 5.08. The summed E-state index contributed by atoms with van der Waals surface area (Å²) in [4.78, 5) is 32.0. The van der Waals surface area contributed by atoms with Gasteiger partial charge in [0.15, 0.2) is 4.77 Å². The average Bonchev–Trinajstić information content (AvgIpc) is 2.73. The molecule has 0 atom stereocenters. The lowest BCUT2D eigenvalue weighted by atomic mass is 10.1. The van der Waals surface area contributed by atoms with Gasteiger partial charge in [0.05, 0.1) is 16.5 Å². The van der Waals surface area contributed by atoms with Crippen LogP contribution < -0.4 is 5.56 Å². The van der Waals surface area contributed by atoms with Gasteiger partial charge in [-0.3, -0.25) is 14.2 Å². The molecule has 0 fully saturated rings. The number of rotatable bonds is 6. The molecule has 32 heavy (non-hydrogen) atoms. The standard InChI is InChI=1S/C22H23F3N4O2S/c1-27(2)9-10-29(13-14-5-4-6-16(11-14)22(23,24)25)19(30)15-7-8-17-18(12-15)26-21(32)28(3)20(17)31/h4-8,11-12H,9-10,13H2,1-3H3,(H,26,32). The van der Waals surface area contributed by atoms with E-state index in [2.05, 4.69) is 4.98 Å². The topological polar surface area (TPSA) is 61.3 Å². The first-order chi connectivity index (χ1) is 15.0. The summed E-state index contributed by atoms with van der Waals surface area (Å²) in [5, 5.41) is 0.385. The molecule has 3 aromatic rings. The maximum absolute atomic E-state index is 13.3. The molecule has 0 radical (unpaired) electrons. The normalized spacial score (nSPS) is 11.8. The molecular weight excluding hydrogens is 441 g/mol. The first-order valence-electron chi connectivity index (χ1n) is 9.80. The van der Waals surface area contributed by atoms with E-state index in [0.717, 1.165) is 12.1 Å². The van der Waals surface area contributed by atoms with Gasteiger partial charge in [-0.15, -0.1) is 0 Å². The van der Waals surface area contributed by atoms with E-state index in [1.54, 1.807) is 25.2 Å².